The molecule has 0 unspecified atom stereocenters. The average molecular weight is 327 g/mol. The molecular weight excluding hydrogens is 302 g/mol. The van der Waals surface area contributed by atoms with Crippen LogP contribution >= 0.6 is 0 Å². The Morgan fingerprint density at radius 3 is 2.71 bits per heavy atom. The van der Waals surface area contributed by atoms with Gasteiger partial charge in [0, 0.05) is 33.2 Å². The van der Waals surface area contributed by atoms with E-state index >= 15 is 0 Å². The fourth-order valence-electron chi connectivity index (χ4n) is 3.33. The van der Waals surface area contributed by atoms with Crippen LogP contribution in [-0.2, 0) is 7.05 Å². The summed E-state index contributed by atoms with van der Waals surface area (Å²) in [5, 5.41) is 11.0. The number of nitrogens with zero attached hydrogens (tertiary/aromatic N) is 3. The van der Waals surface area contributed by atoms with Crippen molar-refractivity contribution in [2.45, 2.75) is 38.5 Å². The zero-order valence-electron chi connectivity index (χ0n) is 14.3. The lowest BCUT2D eigenvalue weighted by Crippen LogP contribution is -2.45. The molecule has 24 heavy (non-hydrogen) atoms. The first kappa shape index (κ1) is 16.7. The Hall–Kier alpha value is -2.19. The number of benzene rings is 1. The highest BCUT2D eigenvalue weighted by molar-refractivity contribution is 5.83. The summed E-state index contributed by atoms with van der Waals surface area (Å²) in [7, 11) is 1.82. The SMILES string of the molecule is Cn1c(=O)n(N2CCCCC2)c2cccc(C#CCCCCO)c21. The van der Waals surface area contributed by atoms with E-state index in [0.717, 1.165) is 61.8 Å². The Balaban J connectivity index is 1.99. The topological polar surface area (TPSA) is 50.4 Å². The van der Waals surface area contributed by atoms with Crippen molar-refractivity contribution in [3.05, 3.63) is 34.2 Å². The Labute approximate surface area is 142 Å². The van der Waals surface area contributed by atoms with E-state index in [1.54, 1.807) is 4.57 Å². The summed E-state index contributed by atoms with van der Waals surface area (Å²) < 4.78 is 3.53. The van der Waals surface area contributed by atoms with E-state index in [1.807, 2.05) is 29.9 Å². The van der Waals surface area contributed by atoms with Crippen LogP contribution in [0, 0.1) is 11.8 Å². The van der Waals surface area contributed by atoms with Gasteiger partial charge >= 0.3 is 5.69 Å². The zero-order chi connectivity index (χ0) is 16.9. The molecule has 1 aromatic heterocycles. The summed E-state index contributed by atoms with van der Waals surface area (Å²) in [5.74, 6) is 6.37. The van der Waals surface area contributed by atoms with Crippen molar-refractivity contribution in [1.82, 2.24) is 9.24 Å². The van der Waals surface area contributed by atoms with E-state index in [1.165, 1.54) is 6.42 Å². The molecule has 0 saturated carbocycles. The van der Waals surface area contributed by atoms with Crippen molar-refractivity contribution < 1.29 is 5.11 Å². The van der Waals surface area contributed by atoms with Crippen molar-refractivity contribution in [3.8, 4) is 11.8 Å². The highest BCUT2D eigenvalue weighted by atomic mass is 16.2. The third-order valence-corrected chi connectivity index (χ3v) is 4.59. The van der Waals surface area contributed by atoms with Gasteiger partial charge in [0.25, 0.3) is 0 Å². The quantitative estimate of drug-likeness (QED) is 0.690. The summed E-state index contributed by atoms with van der Waals surface area (Å²) in [5.41, 5.74) is 2.74. The predicted molar refractivity (Wildman–Crippen MR) is 96.8 cm³/mol. The minimum absolute atomic E-state index is 0.00132. The summed E-state index contributed by atoms with van der Waals surface area (Å²) in [6.07, 6.45) is 5.94. The van der Waals surface area contributed by atoms with Crippen LogP contribution in [0.3, 0.4) is 0 Å². The molecule has 1 aliphatic heterocycles. The van der Waals surface area contributed by atoms with Crippen LogP contribution in [0.25, 0.3) is 11.0 Å². The molecule has 128 valence electrons. The molecule has 0 radical (unpaired) electrons. The molecule has 0 amide bonds. The second-order valence-electron chi connectivity index (χ2n) is 6.32. The highest BCUT2D eigenvalue weighted by Gasteiger charge is 2.19. The van der Waals surface area contributed by atoms with E-state index < -0.39 is 0 Å². The Morgan fingerprint density at radius 2 is 1.96 bits per heavy atom. The van der Waals surface area contributed by atoms with Gasteiger partial charge < -0.3 is 10.1 Å². The Bertz CT molecular complexity index is 817. The second kappa shape index (κ2) is 7.59. The molecule has 5 heteroatoms. The number of piperidine rings is 1. The number of aryl methyl sites for hydroxylation is 1. The fraction of sp³-hybridized carbons (Fsp3) is 0.526. The molecule has 0 aliphatic carbocycles. The lowest BCUT2D eigenvalue weighted by Gasteiger charge is -2.29. The normalized spacial score (nSPS) is 14.7. The van der Waals surface area contributed by atoms with E-state index in [9.17, 15) is 4.79 Å². The Kier molecular flexibility index (Phi) is 5.27. The first-order chi connectivity index (χ1) is 11.7. The van der Waals surface area contributed by atoms with Gasteiger partial charge in [-0.2, -0.15) is 0 Å². The minimum atomic E-state index is 0.00132. The molecule has 2 heterocycles. The molecule has 2 aromatic rings. The first-order valence-corrected chi connectivity index (χ1v) is 8.79. The Morgan fingerprint density at radius 1 is 1.17 bits per heavy atom. The van der Waals surface area contributed by atoms with Gasteiger partial charge in [-0.05, 0) is 44.2 Å². The number of rotatable bonds is 4. The van der Waals surface area contributed by atoms with Crippen molar-refractivity contribution in [3.63, 3.8) is 0 Å². The van der Waals surface area contributed by atoms with Gasteiger partial charge in [-0.1, -0.05) is 17.9 Å². The minimum Gasteiger partial charge on any atom is -0.396 e. The third-order valence-electron chi connectivity index (χ3n) is 4.59. The molecule has 1 N–H and O–H groups in total. The molecule has 0 spiro atoms. The third kappa shape index (κ3) is 3.20. The van der Waals surface area contributed by atoms with Gasteiger partial charge in [0.15, 0.2) is 0 Å². The van der Waals surface area contributed by atoms with Crippen molar-refractivity contribution in [2.75, 3.05) is 24.7 Å². The summed E-state index contributed by atoms with van der Waals surface area (Å²) in [6, 6.07) is 5.95. The molecule has 3 rings (SSSR count). The molecule has 1 saturated heterocycles. The van der Waals surface area contributed by atoms with E-state index in [2.05, 4.69) is 16.8 Å². The average Bonchev–Trinajstić information content (AvgIpc) is 2.87. The maximum Gasteiger partial charge on any atom is 0.347 e. The monoisotopic (exact) mass is 327 g/mol. The summed E-state index contributed by atoms with van der Waals surface area (Å²) in [4.78, 5) is 12.8. The highest BCUT2D eigenvalue weighted by Crippen LogP contribution is 2.19. The number of para-hydroxylation sites is 1. The van der Waals surface area contributed by atoms with Gasteiger partial charge in [-0.3, -0.25) is 4.57 Å². The number of aliphatic hydroxyl groups is 1. The molecule has 0 bridgehead atoms. The van der Waals surface area contributed by atoms with Crippen molar-refractivity contribution in [1.29, 1.82) is 0 Å². The number of unbranched alkanes of at least 4 members (excludes halogenated alkanes) is 2. The predicted octanol–water partition coefficient (Wildman–Crippen LogP) is 1.98. The standard InChI is InChI=1S/C19H25N3O2/c1-20-18-16(10-5-2-3-8-15-23)11-9-12-17(18)22(19(20)24)21-13-6-4-7-14-21/h9,11-12,23H,2-4,6-8,13-15H2,1H3. The summed E-state index contributed by atoms with van der Waals surface area (Å²) >= 11 is 0. The van der Waals surface area contributed by atoms with Crippen molar-refractivity contribution >= 4 is 11.0 Å². The van der Waals surface area contributed by atoms with Crippen LogP contribution in [0.5, 0.6) is 0 Å². The second-order valence-corrected chi connectivity index (χ2v) is 6.32. The molecule has 1 aliphatic rings. The number of imidazole rings is 1. The van der Waals surface area contributed by atoms with Crippen LogP contribution in [-0.4, -0.2) is 34.0 Å². The van der Waals surface area contributed by atoms with Gasteiger partial charge in [0.05, 0.1) is 16.6 Å². The van der Waals surface area contributed by atoms with Gasteiger partial charge in [-0.25, -0.2) is 9.47 Å². The number of fused-ring (bicyclic) bond motifs is 1. The van der Waals surface area contributed by atoms with Gasteiger partial charge in [0.1, 0.15) is 0 Å². The maximum atomic E-state index is 12.8. The first-order valence-electron chi connectivity index (χ1n) is 8.79. The molecule has 5 nitrogen and oxygen atoms in total. The lowest BCUT2D eigenvalue weighted by atomic mass is 10.1. The lowest BCUT2D eigenvalue weighted by molar-refractivity contribution is 0.285. The van der Waals surface area contributed by atoms with E-state index in [4.69, 9.17) is 5.11 Å². The van der Waals surface area contributed by atoms with Crippen LogP contribution in [0.1, 0.15) is 44.1 Å². The largest absolute Gasteiger partial charge is 0.396 e. The van der Waals surface area contributed by atoms with Crippen molar-refractivity contribution in [2.24, 2.45) is 7.05 Å². The van der Waals surface area contributed by atoms with Crippen LogP contribution in [0.15, 0.2) is 23.0 Å². The number of aromatic nitrogens is 2. The maximum absolute atomic E-state index is 12.8. The van der Waals surface area contributed by atoms with Crippen LogP contribution in [0.2, 0.25) is 0 Å². The fourth-order valence-corrected chi connectivity index (χ4v) is 3.33. The van der Waals surface area contributed by atoms with E-state index in [0.29, 0.717) is 0 Å². The van der Waals surface area contributed by atoms with Crippen LogP contribution in [0.4, 0.5) is 0 Å². The van der Waals surface area contributed by atoms with E-state index in [-0.39, 0.29) is 12.3 Å². The van der Waals surface area contributed by atoms with Gasteiger partial charge in [0.2, 0.25) is 0 Å². The number of aliphatic hydroxyl groups excluding tert-OH is 1. The molecule has 0 atom stereocenters. The van der Waals surface area contributed by atoms with Crippen LogP contribution < -0.4 is 10.7 Å². The molecule has 1 aromatic carbocycles. The zero-order valence-corrected chi connectivity index (χ0v) is 14.3. The molecular formula is C19H25N3O2. The number of hydrogen-bond acceptors (Lipinski definition) is 3. The summed E-state index contributed by atoms with van der Waals surface area (Å²) in [6.45, 7) is 2.07. The molecule has 1 fully saturated rings. The number of hydrogen-bond donors (Lipinski definition) is 1. The van der Waals surface area contributed by atoms with Gasteiger partial charge in [-0.15, -0.1) is 0 Å². The smallest absolute Gasteiger partial charge is 0.347 e.